The van der Waals surface area contributed by atoms with Crippen LogP contribution in [-0.2, 0) is 14.8 Å². The summed E-state index contributed by atoms with van der Waals surface area (Å²) >= 11 is 0. The summed E-state index contributed by atoms with van der Waals surface area (Å²) in [6, 6.07) is 11.2. The summed E-state index contributed by atoms with van der Waals surface area (Å²) in [7, 11) is -3.57. The number of aryl methyl sites for hydroxylation is 1. The number of nitrogens with zero attached hydrogens (tertiary/aromatic N) is 1. The molecule has 0 spiro atoms. The molecule has 2 aromatic carbocycles. The molecule has 3 rings (SSSR count). The fourth-order valence-electron chi connectivity index (χ4n) is 2.68. The van der Waals surface area contributed by atoms with E-state index in [0.29, 0.717) is 43.2 Å². The van der Waals surface area contributed by atoms with Crippen LogP contribution < -0.4 is 11.1 Å². The van der Waals surface area contributed by atoms with E-state index in [9.17, 15) is 13.2 Å². The van der Waals surface area contributed by atoms with Crippen molar-refractivity contribution in [1.29, 1.82) is 0 Å². The number of amides is 1. The highest BCUT2D eigenvalue weighted by Gasteiger charge is 2.26. The molecule has 1 amide bonds. The molecule has 7 nitrogen and oxygen atoms in total. The first-order valence-corrected chi connectivity index (χ1v) is 9.67. The molecular formula is C18H21N3O4S. The molecule has 0 aromatic heterocycles. The third kappa shape index (κ3) is 3.87. The number of rotatable bonds is 4. The van der Waals surface area contributed by atoms with Gasteiger partial charge in [0.15, 0.2) is 0 Å². The number of hydrogen-bond donors (Lipinski definition) is 2. The summed E-state index contributed by atoms with van der Waals surface area (Å²) in [4.78, 5) is 12.6. The van der Waals surface area contributed by atoms with E-state index in [1.807, 2.05) is 13.0 Å². The minimum Gasteiger partial charge on any atom is -0.399 e. The number of sulfonamides is 1. The van der Waals surface area contributed by atoms with Gasteiger partial charge in [0.1, 0.15) is 0 Å². The summed E-state index contributed by atoms with van der Waals surface area (Å²) in [5.74, 6) is -0.325. The van der Waals surface area contributed by atoms with E-state index in [4.69, 9.17) is 10.5 Å². The van der Waals surface area contributed by atoms with Gasteiger partial charge in [0, 0.05) is 30.0 Å². The Morgan fingerprint density at radius 2 is 1.77 bits per heavy atom. The van der Waals surface area contributed by atoms with Gasteiger partial charge in [-0.1, -0.05) is 6.07 Å². The summed E-state index contributed by atoms with van der Waals surface area (Å²) in [5, 5.41) is 2.79. The van der Waals surface area contributed by atoms with Crippen LogP contribution in [0, 0.1) is 6.92 Å². The standard InChI is InChI=1S/C18H21N3O4S/c1-13-2-5-15(19)12-17(13)20-18(22)14-3-6-16(7-4-14)26(23,24)21-8-10-25-11-9-21/h2-7,12H,8-11,19H2,1H3,(H,20,22). The van der Waals surface area contributed by atoms with Crippen molar-refractivity contribution in [2.45, 2.75) is 11.8 Å². The summed E-state index contributed by atoms with van der Waals surface area (Å²) in [6.07, 6.45) is 0. The number of morpholine rings is 1. The van der Waals surface area contributed by atoms with Crippen LogP contribution in [0.2, 0.25) is 0 Å². The van der Waals surface area contributed by atoms with E-state index in [1.54, 1.807) is 12.1 Å². The molecule has 0 bridgehead atoms. The molecule has 0 saturated carbocycles. The van der Waals surface area contributed by atoms with Crippen molar-refractivity contribution in [2.24, 2.45) is 0 Å². The van der Waals surface area contributed by atoms with Crippen molar-refractivity contribution in [3.63, 3.8) is 0 Å². The van der Waals surface area contributed by atoms with Gasteiger partial charge in [-0.05, 0) is 48.9 Å². The average Bonchev–Trinajstić information content (AvgIpc) is 2.65. The zero-order valence-electron chi connectivity index (χ0n) is 14.4. The van der Waals surface area contributed by atoms with Gasteiger partial charge in [0.25, 0.3) is 5.91 Å². The molecular weight excluding hydrogens is 354 g/mol. The van der Waals surface area contributed by atoms with E-state index < -0.39 is 10.0 Å². The Balaban J connectivity index is 1.76. The predicted molar refractivity (Wildman–Crippen MR) is 99.6 cm³/mol. The Kier molecular flexibility index (Phi) is 5.26. The number of nitrogen functional groups attached to an aromatic ring is 1. The number of ether oxygens (including phenoxy) is 1. The largest absolute Gasteiger partial charge is 0.399 e. The molecule has 8 heteroatoms. The Morgan fingerprint density at radius 1 is 1.12 bits per heavy atom. The molecule has 26 heavy (non-hydrogen) atoms. The number of carbonyl (C=O) groups excluding carboxylic acids is 1. The average molecular weight is 375 g/mol. The van der Waals surface area contributed by atoms with E-state index in [-0.39, 0.29) is 10.8 Å². The number of carbonyl (C=O) groups is 1. The maximum atomic E-state index is 12.6. The highest BCUT2D eigenvalue weighted by Crippen LogP contribution is 2.21. The van der Waals surface area contributed by atoms with Gasteiger partial charge in [-0.15, -0.1) is 0 Å². The molecule has 0 radical (unpaired) electrons. The van der Waals surface area contributed by atoms with Gasteiger partial charge < -0.3 is 15.8 Å². The van der Waals surface area contributed by atoms with Gasteiger partial charge in [-0.3, -0.25) is 4.79 Å². The van der Waals surface area contributed by atoms with Crippen LogP contribution in [0.4, 0.5) is 11.4 Å². The third-order valence-electron chi connectivity index (χ3n) is 4.23. The van der Waals surface area contributed by atoms with Crippen LogP contribution in [0.15, 0.2) is 47.4 Å². The summed E-state index contributed by atoms with van der Waals surface area (Å²) in [6.45, 7) is 3.31. The molecule has 2 aromatic rings. The van der Waals surface area contributed by atoms with Crippen molar-refractivity contribution in [2.75, 3.05) is 37.4 Å². The van der Waals surface area contributed by atoms with Crippen LogP contribution in [0.5, 0.6) is 0 Å². The van der Waals surface area contributed by atoms with Gasteiger partial charge in [-0.2, -0.15) is 4.31 Å². The Hall–Kier alpha value is -2.42. The van der Waals surface area contributed by atoms with Crippen molar-refractivity contribution in [3.8, 4) is 0 Å². The van der Waals surface area contributed by atoms with Gasteiger partial charge >= 0.3 is 0 Å². The lowest BCUT2D eigenvalue weighted by Gasteiger charge is -2.26. The quantitative estimate of drug-likeness (QED) is 0.794. The minimum atomic E-state index is -3.57. The fraction of sp³-hybridized carbons (Fsp3) is 0.278. The molecule has 3 N–H and O–H groups in total. The van der Waals surface area contributed by atoms with Crippen molar-refractivity contribution in [1.82, 2.24) is 4.31 Å². The SMILES string of the molecule is Cc1ccc(N)cc1NC(=O)c1ccc(S(=O)(=O)N2CCOCC2)cc1. The zero-order chi connectivity index (χ0) is 18.7. The first-order valence-electron chi connectivity index (χ1n) is 8.23. The lowest BCUT2D eigenvalue weighted by molar-refractivity contribution is 0.0730. The second-order valence-corrected chi connectivity index (χ2v) is 8.01. The number of hydrogen-bond acceptors (Lipinski definition) is 5. The third-order valence-corrected chi connectivity index (χ3v) is 6.15. The van der Waals surface area contributed by atoms with Crippen molar-refractivity contribution >= 4 is 27.3 Å². The molecule has 0 unspecified atom stereocenters. The fourth-order valence-corrected chi connectivity index (χ4v) is 4.09. The molecule has 0 aliphatic carbocycles. The maximum Gasteiger partial charge on any atom is 0.255 e. The normalized spacial score (nSPS) is 15.6. The predicted octanol–water partition coefficient (Wildman–Crippen LogP) is 1.85. The smallest absolute Gasteiger partial charge is 0.255 e. The molecule has 0 atom stereocenters. The first-order chi connectivity index (χ1) is 12.4. The Labute approximate surface area is 152 Å². The highest BCUT2D eigenvalue weighted by atomic mass is 32.2. The van der Waals surface area contributed by atoms with Crippen LogP contribution in [0.3, 0.4) is 0 Å². The molecule has 1 aliphatic heterocycles. The number of benzene rings is 2. The topological polar surface area (TPSA) is 102 Å². The number of nitrogens with one attached hydrogen (secondary N) is 1. The van der Waals surface area contributed by atoms with Crippen LogP contribution in [-0.4, -0.2) is 44.9 Å². The molecule has 1 fully saturated rings. The zero-order valence-corrected chi connectivity index (χ0v) is 15.3. The van der Waals surface area contributed by atoms with Crippen molar-refractivity contribution < 1.29 is 17.9 Å². The van der Waals surface area contributed by atoms with Crippen LogP contribution in [0.25, 0.3) is 0 Å². The second kappa shape index (κ2) is 7.45. The number of anilines is 2. The second-order valence-electron chi connectivity index (χ2n) is 6.07. The van der Waals surface area contributed by atoms with E-state index >= 15 is 0 Å². The molecule has 1 heterocycles. The first kappa shape index (κ1) is 18.4. The van der Waals surface area contributed by atoms with Crippen LogP contribution in [0.1, 0.15) is 15.9 Å². The summed E-state index contributed by atoms with van der Waals surface area (Å²) < 4.78 is 31.8. The number of nitrogens with two attached hydrogens (primary N) is 1. The molecule has 138 valence electrons. The minimum absolute atomic E-state index is 0.163. The molecule has 1 aliphatic rings. The van der Waals surface area contributed by atoms with E-state index in [0.717, 1.165) is 5.56 Å². The summed E-state index contributed by atoms with van der Waals surface area (Å²) in [5.41, 5.74) is 8.18. The van der Waals surface area contributed by atoms with Crippen molar-refractivity contribution in [3.05, 3.63) is 53.6 Å². The van der Waals surface area contributed by atoms with E-state index in [2.05, 4.69) is 5.32 Å². The monoisotopic (exact) mass is 375 g/mol. The van der Waals surface area contributed by atoms with Crippen LogP contribution >= 0.6 is 0 Å². The van der Waals surface area contributed by atoms with Gasteiger partial charge in [-0.25, -0.2) is 8.42 Å². The van der Waals surface area contributed by atoms with Gasteiger partial charge in [0.05, 0.1) is 18.1 Å². The lowest BCUT2D eigenvalue weighted by Crippen LogP contribution is -2.40. The van der Waals surface area contributed by atoms with E-state index in [1.165, 1.54) is 28.6 Å². The Bertz CT molecular complexity index is 905. The highest BCUT2D eigenvalue weighted by molar-refractivity contribution is 7.89. The molecule has 1 saturated heterocycles. The Morgan fingerprint density at radius 3 is 2.42 bits per heavy atom. The van der Waals surface area contributed by atoms with Gasteiger partial charge in [0.2, 0.25) is 10.0 Å². The maximum absolute atomic E-state index is 12.6. The lowest BCUT2D eigenvalue weighted by atomic mass is 10.1.